The predicted molar refractivity (Wildman–Crippen MR) is 86.8 cm³/mol. The van der Waals surface area contributed by atoms with E-state index in [-0.39, 0.29) is 0 Å². The molecule has 4 heteroatoms. The Bertz CT molecular complexity index is 514. The number of nitrogens with one attached hydrogen (secondary N) is 1. The number of hydrogen-bond donors (Lipinski definition) is 1. The lowest BCUT2D eigenvalue weighted by Gasteiger charge is -2.15. The van der Waals surface area contributed by atoms with E-state index in [2.05, 4.69) is 11.6 Å². The quantitative estimate of drug-likeness (QED) is 0.810. The molecule has 1 saturated carbocycles. The number of benzene rings is 1. The SMILES string of the molecule is CCCc1ccc(S(=O)(=O)NCC2CCCCCC2)cc1. The van der Waals surface area contributed by atoms with Gasteiger partial charge in [0.25, 0.3) is 0 Å². The summed E-state index contributed by atoms with van der Waals surface area (Å²) in [6.45, 7) is 2.71. The Morgan fingerprint density at radius 1 is 1.05 bits per heavy atom. The summed E-state index contributed by atoms with van der Waals surface area (Å²) < 4.78 is 27.4. The van der Waals surface area contributed by atoms with Gasteiger partial charge in [-0.3, -0.25) is 0 Å². The zero-order valence-electron chi connectivity index (χ0n) is 13.0. The second kappa shape index (κ2) is 7.95. The molecule has 0 aromatic heterocycles. The largest absolute Gasteiger partial charge is 0.240 e. The van der Waals surface area contributed by atoms with E-state index in [1.54, 1.807) is 12.1 Å². The fourth-order valence-corrected chi connectivity index (χ4v) is 4.12. The number of aryl methyl sites for hydroxylation is 1. The van der Waals surface area contributed by atoms with E-state index >= 15 is 0 Å². The lowest BCUT2D eigenvalue weighted by atomic mass is 10.0. The highest BCUT2D eigenvalue weighted by molar-refractivity contribution is 7.89. The summed E-state index contributed by atoms with van der Waals surface area (Å²) in [5, 5.41) is 0. The highest BCUT2D eigenvalue weighted by Gasteiger charge is 2.18. The van der Waals surface area contributed by atoms with Crippen molar-refractivity contribution in [3.63, 3.8) is 0 Å². The standard InChI is InChI=1S/C17H27NO2S/c1-2-7-15-10-12-17(13-11-15)21(19,20)18-14-16-8-5-3-4-6-9-16/h10-13,16,18H,2-9,14H2,1H3. The van der Waals surface area contributed by atoms with Gasteiger partial charge in [0.05, 0.1) is 4.90 Å². The molecule has 0 atom stereocenters. The van der Waals surface area contributed by atoms with Crippen LogP contribution in [0.5, 0.6) is 0 Å². The first-order valence-corrected chi connectivity index (χ1v) is 9.69. The van der Waals surface area contributed by atoms with Gasteiger partial charge in [0, 0.05) is 6.54 Å². The summed E-state index contributed by atoms with van der Waals surface area (Å²) in [7, 11) is -3.35. The van der Waals surface area contributed by atoms with Crippen molar-refractivity contribution < 1.29 is 8.42 Å². The molecular formula is C17H27NO2S. The third-order valence-electron chi connectivity index (χ3n) is 4.31. The molecule has 0 heterocycles. The van der Waals surface area contributed by atoms with Gasteiger partial charge in [0.15, 0.2) is 0 Å². The van der Waals surface area contributed by atoms with Crippen molar-refractivity contribution in [2.45, 2.75) is 63.2 Å². The molecule has 1 N–H and O–H groups in total. The van der Waals surface area contributed by atoms with Crippen LogP contribution in [0.25, 0.3) is 0 Å². The van der Waals surface area contributed by atoms with E-state index in [9.17, 15) is 8.42 Å². The van der Waals surface area contributed by atoms with Crippen molar-refractivity contribution >= 4 is 10.0 Å². The first-order valence-electron chi connectivity index (χ1n) is 8.20. The Morgan fingerprint density at radius 3 is 2.24 bits per heavy atom. The van der Waals surface area contributed by atoms with E-state index in [1.165, 1.54) is 31.2 Å². The summed E-state index contributed by atoms with van der Waals surface area (Å²) in [6, 6.07) is 7.29. The Kier molecular flexibility index (Phi) is 6.24. The van der Waals surface area contributed by atoms with Gasteiger partial charge in [-0.1, -0.05) is 51.2 Å². The highest BCUT2D eigenvalue weighted by atomic mass is 32.2. The number of sulfonamides is 1. The van der Waals surface area contributed by atoms with E-state index < -0.39 is 10.0 Å². The second-order valence-electron chi connectivity index (χ2n) is 6.10. The van der Waals surface area contributed by atoms with Gasteiger partial charge in [-0.15, -0.1) is 0 Å². The van der Waals surface area contributed by atoms with Gasteiger partial charge in [0.1, 0.15) is 0 Å². The predicted octanol–water partition coefficient (Wildman–Crippen LogP) is 3.89. The van der Waals surface area contributed by atoms with E-state index in [0.29, 0.717) is 17.4 Å². The third kappa shape index (κ3) is 5.11. The fourth-order valence-electron chi connectivity index (χ4n) is 3.00. The molecule has 118 valence electrons. The van der Waals surface area contributed by atoms with Crippen molar-refractivity contribution in [2.24, 2.45) is 5.92 Å². The Hall–Kier alpha value is -0.870. The maximum Gasteiger partial charge on any atom is 0.240 e. The summed E-state index contributed by atoms with van der Waals surface area (Å²) in [5.41, 5.74) is 1.19. The van der Waals surface area contributed by atoms with Gasteiger partial charge in [-0.25, -0.2) is 13.1 Å². The van der Waals surface area contributed by atoms with Crippen molar-refractivity contribution in [1.29, 1.82) is 0 Å². The average Bonchev–Trinajstić information content (AvgIpc) is 2.75. The second-order valence-corrected chi connectivity index (χ2v) is 7.87. The molecule has 1 aromatic rings. The van der Waals surface area contributed by atoms with Crippen molar-refractivity contribution in [3.8, 4) is 0 Å². The van der Waals surface area contributed by atoms with Crippen molar-refractivity contribution in [2.75, 3.05) is 6.54 Å². The molecule has 3 nitrogen and oxygen atoms in total. The summed E-state index contributed by atoms with van der Waals surface area (Å²) >= 11 is 0. The molecule has 0 amide bonds. The topological polar surface area (TPSA) is 46.2 Å². The molecule has 1 aromatic carbocycles. The molecule has 0 radical (unpaired) electrons. The van der Waals surface area contributed by atoms with Crippen LogP contribution in [-0.4, -0.2) is 15.0 Å². The molecule has 0 spiro atoms. The van der Waals surface area contributed by atoms with Gasteiger partial charge >= 0.3 is 0 Å². The fraction of sp³-hybridized carbons (Fsp3) is 0.647. The van der Waals surface area contributed by atoms with Crippen LogP contribution in [0.2, 0.25) is 0 Å². The third-order valence-corrected chi connectivity index (χ3v) is 5.75. The monoisotopic (exact) mass is 309 g/mol. The lowest BCUT2D eigenvalue weighted by Crippen LogP contribution is -2.29. The molecule has 0 saturated heterocycles. The first-order chi connectivity index (χ1) is 10.1. The van der Waals surface area contributed by atoms with Crippen LogP contribution in [0.4, 0.5) is 0 Å². The molecule has 2 rings (SSSR count). The van der Waals surface area contributed by atoms with Crippen LogP contribution < -0.4 is 4.72 Å². The highest BCUT2D eigenvalue weighted by Crippen LogP contribution is 2.22. The van der Waals surface area contributed by atoms with Crippen LogP contribution in [0.3, 0.4) is 0 Å². The molecule has 0 aliphatic heterocycles. The Labute approximate surface area is 129 Å². The maximum absolute atomic E-state index is 12.3. The minimum Gasteiger partial charge on any atom is -0.211 e. The van der Waals surface area contributed by atoms with Gasteiger partial charge in [0.2, 0.25) is 10.0 Å². The Morgan fingerprint density at radius 2 is 1.67 bits per heavy atom. The smallest absolute Gasteiger partial charge is 0.211 e. The molecule has 0 bridgehead atoms. The summed E-state index contributed by atoms with van der Waals surface area (Å²) in [5.74, 6) is 0.502. The van der Waals surface area contributed by atoms with E-state index in [0.717, 1.165) is 25.7 Å². The molecule has 1 aliphatic rings. The Balaban J connectivity index is 1.94. The van der Waals surface area contributed by atoms with Gasteiger partial charge < -0.3 is 0 Å². The van der Waals surface area contributed by atoms with Crippen LogP contribution in [0.1, 0.15) is 57.4 Å². The summed E-state index contributed by atoms with van der Waals surface area (Å²) in [6.07, 6.45) is 9.43. The van der Waals surface area contributed by atoms with Gasteiger partial charge in [-0.05, 0) is 42.9 Å². The van der Waals surface area contributed by atoms with Crippen LogP contribution in [0.15, 0.2) is 29.2 Å². The normalized spacial score (nSPS) is 17.6. The average molecular weight is 309 g/mol. The van der Waals surface area contributed by atoms with Crippen LogP contribution in [0, 0.1) is 5.92 Å². The van der Waals surface area contributed by atoms with Gasteiger partial charge in [-0.2, -0.15) is 0 Å². The maximum atomic E-state index is 12.3. The summed E-state index contributed by atoms with van der Waals surface area (Å²) in [4.78, 5) is 0.385. The molecule has 0 unspecified atom stereocenters. The first kappa shape index (κ1) is 16.5. The number of rotatable bonds is 6. The lowest BCUT2D eigenvalue weighted by molar-refractivity contribution is 0.451. The molecule has 1 fully saturated rings. The zero-order chi connectivity index (χ0) is 15.1. The molecule has 21 heavy (non-hydrogen) atoms. The van der Waals surface area contributed by atoms with E-state index in [1.807, 2.05) is 12.1 Å². The van der Waals surface area contributed by atoms with Crippen molar-refractivity contribution in [3.05, 3.63) is 29.8 Å². The molecule has 1 aliphatic carbocycles. The number of hydrogen-bond acceptors (Lipinski definition) is 2. The van der Waals surface area contributed by atoms with Crippen molar-refractivity contribution in [1.82, 2.24) is 4.72 Å². The van der Waals surface area contributed by atoms with Crippen LogP contribution >= 0.6 is 0 Å². The van der Waals surface area contributed by atoms with Crippen LogP contribution in [-0.2, 0) is 16.4 Å². The minimum absolute atomic E-state index is 0.385. The zero-order valence-corrected chi connectivity index (χ0v) is 13.8. The van der Waals surface area contributed by atoms with E-state index in [4.69, 9.17) is 0 Å². The molecular weight excluding hydrogens is 282 g/mol. The minimum atomic E-state index is -3.35.